The number of carbonyl (C=O) groups is 2. The molecule has 5 rings (SSSR count). The summed E-state index contributed by atoms with van der Waals surface area (Å²) >= 11 is 2.91. The minimum absolute atomic E-state index is 0.216. The Bertz CT molecular complexity index is 1160. The molecule has 0 spiro atoms. The molecule has 1 fully saturated rings. The van der Waals surface area contributed by atoms with E-state index in [1.807, 2.05) is 67.6 Å². The molecule has 1 saturated heterocycles. The van der Waals surface area contributed by atoms with Crippen LogP contribution in [0.25, 0.3) is 5.57 Å². The quantitative estimate of drug-likeness (QED) is 0.457. The van der Waals surface area contributed by atoms with Crippen molar-refractivity contribution in [2.24, 2.45) is 5.73 Å². The number of benzene rings is 2. The molecule has 9 heteroatoms. The summed E-state index contributed by atoms with van der Waals surface area (Å²) in [5.41, 5.74) is 8.55. The largest absolute Gasteiger partial charge is 0.448 e. The van der Waals surface area contributed by atoms with Crippen LogP contribution in [0.1, 0.15) is 27.2 Å². The van der Waals surface area contributed by atoms with Crippen molar-refractivity contribution in [2.75, 3.05) is 5.75 Å². The van der Waals surface area contributed by atoms with Crippen LogP contribution in [-0.4, -0.2) is 44.1 Å². The molecule has 3 aromatic rings. The van der Waals surface area contributed by atoms with Gasteiger partial charge in [-0.2, -0.15) is 0 Å². The molecule has 1 unspecified atom stereocenters. The Morgan fingerprint density at radius 3 is 2.28 bits per heavy atom. The van der Waals surface area contributed by atoms with E-state index in [0.717, 1.165) is 16.1 Å². The Labute approximate surface area is 193 Å². The standard InChI is InChI=1S/C23H20N4O3S2/c1-13-25-26-20(32-13)16-12-31-22-17(24)21(28)27(22)18(16)23(29)30-19(14-8-4-2-5-9-14)15-10-6-3-7-11-15/h2-11,17,19,22H,12,24H2,1H3/t17?,22-/m0/s1. The van der Waals surface area contributed by atoms with E-state index in [1.165, 1.54) is 28.0 Å². The summed E-state index contributed by atoms with van der Waals surface area (Å²) in [5.74, 6) is -0.359. The van der Waals surface area contributed by atoms with E-state index in [-0.39, 0.29) is 17.0 Å². The zero-order chi connectivity index (χ0) is 22.2. The summed E-state index contributed by atoms with van der Waals surface area (Å²) in [6.07, 6.45) is -0.618. The maximum atomic E-state index is 13.6. The zero-order valence-corrected chi connectivity index (χ0v) is 18.8. The predicted molar refractivity (Wildman–Crippen MR) is 123 cm³/mol. The monoisotopic (exact) mass is 464 g/mol. The molecule has 2 aliphatic rings. The number of carbonyl (C=O) groups excluding carboxylic acids is 2. The number of nitrogens with two attached hydrogens (primary N) is 1. The molecule has 162 valence electrons. The minimum atomic E-state index is -0.625. The van der Waals surface area contributed by atoms with Gasteiger partial charge in [-0.25, -0.2) is 4.79 Å². The number of hydrogen-bond donors (Lipinski definition) is 1. The maximum absolute atomic E-state index is 13.6. The number of aryl methyl sites for hydroxylation is 1. The number of rotatable bonds is 5. The van der Waals surface area contributed by atoms with Gasteiger partial charge in [0.25, 0.3) is 0 Å². The Hall–Kier alpha value is -3.01. The molecule has 2 atom stereocenters. The fourth-order valence-electron chi connectivity index (χ4n) is 3.83. The van der Waals surface area contributed by atoms with Crippen molar-refractivity contribution in [2.45, 2.75) is 24.4 Å². The third-order valence-corrected chi connectivity index (χ3v) is 7.62. The first kappa shape index (κ1) is 20.9. The molecular formula is C23H20N4O3S2. The molecule has 0 aliphatic carbocycles. The van der Waals surface area contributed by atoms with Gasteiger partial charge in [-0.3, -0.25) is 9.69 Å². The van der Waals surface area contributed by atoms with E-state index < -0.39 is 18.1 Å². The van der Waals surface area contributed by atoms with Gasteiger partial charge >= 0.3 is 5.97 Å². The highest BCUT2D eigenvalue weighted by Gasteiger charge is 2.52. The number of aromatic nitrogens is 2. The van der Waals surface area contributed by atoms with E-state index in [2.05, 4.69) is 10.2 Å². The summed E-state index contributed by atoms with van der Waals surface area (Å²) in [5, 5.41) is 9.41. The molecule has 7 nitrogen and oxygen atoms in total. The van der Waals surface area contributed by atoms with E-state index in [1.54, 1.807) is 0 Å². The van der Waals surface area contributed by atoms with Crippen molar-refractivity contribution < 1.29 is 14.3 Å². The lowest BCUT2D eigenvalue weighted by Crippen LogP contribution is -2.68. The van der Waals surface area contributed by atoms with Gasteiger partial charge in [0.15, 0.2) is 6.10 Å². The van der Waals surface area contributed by atoms with Gasteiger partial charge in [-0.15, -0.1) is 22.0 Å². The smallest absolute Gasteiger partial charge is 0.356 e. The summed E-state index contributed by atoms with van der Waals surface area (Å²) < 4.78 is 6.07. The van der Waals surface area contributed by atoms with E-state index in [4.69, 9.17) is 10.5 Å². The number of β-lactam (4-membered cyclic amide) rings is 1. The van der Waals surface area contributed by atoms with Crippen LogP contribution in [0.3, 0.4) is 0 Å². The molecule has 1 amide bonds. The predicted octanol–water partition coefficient (Wildman–Crippen LogP) is 3.13. The first-order valence-electron chi connectivity index (χ1n) is 10.1. The Kier molecular flexibility index (Phi) is 5.54. The highest BCUT2D eigenvalue weighted by Crippen LogP contribution is 2.44. The van der Waals surface area contributed by atoms with Crippen molar-refractivity contribution in [1.82, 2.24) is 15.1 Å². The van der Waals surface area contributed by atoms with Crippen LogP contribution in [-0.2, 0) is 14.3 Å². The summed E-state index contributed by atoms with van der Waals surface area (Å²) in [6.45, 7) is 1.85. The summed E-state index contributed by atoms with van der Waals surface area (Å²) in [4.78, 5) is 27.7. The lowest BCUT2D eigenvalue weighted by molar-refractivity contribution is -0.152. The molecule has 0 saturated carbocycles. The number of fused-ring (bicyclic) bond motifs is 1. The molecule has 0 radical (unpaired) electrons. The van der Waals surface area contributed by atoms with Crippen molar-refractivity contribution in [3.05, 3.63) is 87.5 Å². The van der Waals surface area contributed by atoms with Gasteiger partial charge in [-0.05, 0) is 18.1 Å². The fraction of sp³-hybridized carbons (Fsp3) is 0.217. The Morgan fingerprint density at radius 2 is 1.72 bits per heavy atom. The number of ether oxygens (including phenoxy) is 1. The van der Waals surface area contributed by atoms with E-state index in [0.29, 0.717) is 16.3 Å². The number of esters is 1. The van der Waals surface area contributed by atoms with Crippen molar-refractivity contribution in [1.29, 1.82) is 0 Å². The second kappa shape index (κ2) is 8.50. The van der Waals surface area contributed by atoms with Gasteiger partial charge in [0.05, 0.1) is 0 Å². The number of thioether (sulfide) groups is 1. The van der Waals surface area contributed by atoms with Crippen molar-refractivity contribution in [3.8, 4) is 0 Å². The van der Waals surface area contributed by atoms with Crippen LogP contribution in [0, 0.1) is 6.92 Å². The van der Waals surface area contributed by atoms with Gasteiger partial charge in [-0.1, -0.05) is 72.0 Å². The lowest BCUT2D eigenvalue weighted by Gasteiger charge is -2.48. The van der Waals surface area contributed by atoms with Crippen LogP contribution < -0.4 is 5.73 Å². The normalized spacial score (nSPS) is 20.2. The third kappa shape index (κ3) is 3.62. The number of amides is 1. The first-order valence-corrected chi connectivity index (χ1v) is 12.0. The van der Waals surface area contributed by atoms with Crippen LogP contribution in [0.5, 0.6) is 0 Å². The molecule has 2 aliphatic heterocycles. The Balaban J connectivity index is 1.56. The molecule has 3 heterocycles. The molecular weight excluding hydrogens is 444 g/mol. The van der Waals surface area contributed by atoms with Crippen LogP contribution in [0.4, 0.5) is 0 Å². The fourth-order valence-corrected chi connectivity index (χ4v) is 5.95. The van der Waals surface area contributed by atoms with E-state index in [9.17, 15) is 9.59 Å². The summed E-state index contributed by atoms with van der Waals surface area (Å²) in [6, 6.07) is 18.5. The average Bonchev–Trinajstić information content (AvgIpc) is 3.28. The highest BCUT2D eigenvalue weighted by molar-refractivity contribution is 8.00. The summed E-state index contributed by atoms with van der Waals surface area (Å²) in [7, 11) is 0. The van der Waals surface area contributed by atoms with Crippen LogP contribution in [0.15, 0.2) is 66.4 Å². The van der Waals surface area contributed by atoms with E-state index >= 15 is 0 Å². The van der Waals surface area contributed by atoms with Gasteiger partial charge in [0.2, 0.25) is 5.91 Å². The molecule has 32 heavy (non-hydrogen) atoms. The first-order chi connectivity index (χ1) is 15.5. The van der Waals surface area contributed by atoms with Gasteiger partial charge in [0.1, 0.15) is 27.1 Å². The number of hydrogen-bond acceptors (Lipinski definition) is 8. The topological polar surface area (TPSA) is 98.4 Å². The van der Waals surface area contributed by atoms with Crippen LogP contribution in [0.2, 0.25) is 0 Å². The second-order valence-corrected chi connectivity index (χ2v) is 9.78. The third-order valence-electron chi connectivity index (χ3n) is 5.42. The Morgan fingerprint density at radius 1 is 1.09 bits per heavy atom. The van der Waals surface area contributed by atoms with Gasteiger partial charge in [0, 0.05) is 11.3 Å². The number of nitrogens with zero attached hydrogens (tertiary/aromatic N) is 3. The molecule has 2 N–H and O–H groups in total. The highest BCUT2D eigenvalue weighted by atomic mass is 32.2. The second-order valence-electron chi connectivity index (χ2n) is 7.50. The zero-order valence-electron chi connectivity index (χ0n) is 17.2. The van der Waals surface area contributed by atoms with Crippen molar-refractivity contribution >= 4 is 40.5 Å². The lowest BCUT2D eigenvalue weighted by atomic mass is 10.0. The minimum Gasteiger partial charge on any atom is -0.448 e. The van der Waals surface area contributed by atoms with Crippen LogP contribution >= 0.6 is 23.1 Å². The van der Waals surface area contributed by atoms with Crippen molar-refractivity contribution in [3.63, 3.8) is 0 Å². The maximum Gasteiger partial charge on any atom is 0.356 e. The molecule has 2 aromatic carbocycles. The molecule has 0 bridgehead atoms. The average molecular weight is 465 g/mol. The van der Waals surface area contributed by atoms with Gasteiger partial charge < -0.3 is 10.5 Å². The SMILES string of the molecule is Cc1nnc(C2=C(C(=O)OC(c3ccccc3)c3ccccc3)N3C(=O)C(N)[C@@H]3SC2)s1. The molecule has 1 aromatic heterocycles.